The fraction of sp³-hybridized carbons (Fsp3) is 0.500. The second-order valence-electron chi connectivity index (χ2n) is 6.57. The molecule has 2 aromatic heterocycles. The molecule has 0 spiro atoms. The standard InChI is InChI=1S/C18H23N7S/c1-25(2)18-23-15(22-17(20)24-18)11-26-16-13(10-19)9-12-7-5-3-4-6-8-14(12)21-16/h9H,3-8,11H2,1-2H3,(H2,20,22,23,24). The molecule has 2 N–H and O–H groups in total. The first-order valence-electron chi connectivity index (χ1n) is 8.80. The highest BCUT2D eigenvalue weighted by atomic mass is 32.2. The smallest absolute Gasteiger partial charge is 0.229 e. The van der Waals surface area contributed by atoms with Crippen LogP contribution in [0, 0.1) is 11.3 Å². The first kappa shape index (κ1) is 18.4. The van der Waals surface area contributed by atoms with Gasteiger partial charge in [0.05, 0.1) is 11.3 Å². The van der Waals surface area contributed by atoms with Crippen molar-refractivity contribution in [3.63, 3.8) is 0 Å². The highest BCUT2D eigenvalue weighted by molar-refractivity contribution is 7.98. The number of nitriles is 1. The van der Waals surface area contributed by atoms with Crippen LogP contribution in [0.25, 0.3) is 0 Å². The SMILES string of the molecule is CN(C)c1nc(N)nc(CSc2nc3c(cc2C#N)CCCCCC3)n1. The van der Waals surface area contributed by atoms with Gasteiger partial charge in [-0.3, -0.25) is 0 Å². The summed E-state index contributed by atoms with van der Waals surface area (Å²) < 4.78 is 0. The summed E-state index contributed by atoms with van der Waals surface area (Å²) in [5.74, 6) is 1.81. The van der Waals surface area contributed by atoms with E-state index in [0.29, 0.717) is 23.1 Å². The monoisotopic (exact) mass is 369 g/mol. The molecule has 0 radical (unpaired) electrons. The van der Waals surface area contributed by atoms with Crippen LogP contribution in [0.15, 0.2) is 11.1 Å². The predicted molar refractivity (Wildman–Crippen MR) is 103 cm³/mol. The van der Waals surface area contributed by atoms with Crippen molar-refractivity contribution in [3.05, 3.63) is 28.7 Å². The topological polar surface area (TPSA) is 105 Å². The van der Waals surface area contributed by atoms with Crippen molar-refractivity contribution in [2.75, 3.05) is 24.7 Å². The summed E-state index contributed by atoms with van der Waals surface area (Å²) in [7, 11) is 3.71. The Balaban J connectivity index is 1.83. The third-order valence-electron chi connectivity index (χ3n) is 4.31. The lowest BCUT2D eigenvalue weighted by Gasteiger charge is -2.15. The number of nitrogens with two attached hydrogens (primary N) is 1. The second-order valence-corrected chi connectivity index (χ2v) is 7.53. The van der Waals surface area contributed by atoms with Crippen molar-refractivity contribution in [3.8, 4) is 6.07 Å². The van der Waals surface area contributed by atoms with E-state index >= 15 is 0 Å². The number of fused-ring (bicyclic) bond motifs is 1. The number of nitrogens with zero attached hydrogens (tertiary/aromatic N) is 6. The Morgan fingerprint density at radius 1 is 1.12 bits per heavy atom. The summed E-state index contributed by atoms with van der Waals surface area (Å²) in [5, 5.41) is 10.3. The summed E-state index contributed by atoms with van der Waals surface area (Å²) in [5.41, 5.74) is 8.77. The van der Waals surface area contributed by atoms with Gasteiger partial charge in [-0.25, -0.2) is 4.98 Å². The zero-order valence-corrected chi connectivity index (χ0v) is 16.0. The molecule has 0 saturated heterocycles. The van der Waals surface area contributed by atoms with Crippen LogP contribution >= 0.6 is 11.8 Å². The molecular formula is C18H23N7S. The molecule has 0 atom stereocenters. The molecule has 0 amide bonds. The summed E-state index contributed by atoms with van der Waals surface area (Å²) in [6.07, 6.45) is 6.83. The van der Waals surface area contributed by atoms with Crippen LogP contribution in [0.3, 0.4) is 0 Å². The van der Waals surface area contributed by atoms with E-state index in [-0.39, 0.29) is 5.95 Å². The number of anilines is 2. The van der Waals surface area contributed by atoms with Crippen molar-refractivity contribution in [1.29, 1.82) is 5.26 Å². The molecule has 0 aromatic carbocycles. The number of nitrogen functional groups attached to an aromatic ring is 1. The second kappa shape index (κ2) is 8.32. The van der Waals surface area contributed by atoms with Crippen LogP contribution < -0.4 is 10.6 Å². The number of hydrogen-bond acceptors (Lipinski definition) is 8. The minimum absolute atomic E-state index is 0.200. The largest absolute Gasteiger partial charge is 0.368 e. The van der Waals surface area contributed by atoms with Gasteiger partial charge in [-0.05, 0) is 37.3 Å². The molecule has 1 aliphatic rings. The first-order valence-corrected chi connectivity index (χ1v) is 9.79. The molecule has 2 aromatic rings. The minimum atomic E-state index is 0.200. The van der Waals surface area contributed by atoms with E-state index in [0.717, 1.165) is 30.0 Å². The summed E-state index contributed by atoms with van der Waals surface area (Å²) >= 11 is 1.48. The Labute approximate surface area is 158 Å². The Kier molecular flexibility index (Phi) is 5.89. The summed E-state index contributed by atoms with van der Waals surface area (Å²) in [6.45, 7) is 0. The van der Waals surface area contributed by atoms with E-state index in [1.54, 1.807) is 4.90 Å². The van der Waals surface area contributed by atoms with E-state index in [9.17, 15) is 5.26 Å². The van der Waals surface area contributed by atoms with Crippen molar-refractivity contribution in [2.45, 2.75) is 49.3 Å². The molecule has 0 aliphatic heterocycles. The molecule has 8 heteroatoms. The van der Waals surface area contributed by atoms with Crippen LogP contribution in [-0.2, 0) is 18.6 Å². The number of aryl methyl sites for hydroxylation is 2. The van der Waals surface area contributed by atoms with Gasteiger partial charge in [0.2, 0.25) is 11.9 Å². The van der Waals surface area contributed by atoms with Gasteiger partial charge >= 0.3 is 0 Å². The molecule has 7 nitrogen and oxygen atoms in total. The van der Waals surface area contributed by atoms with Gasteiger partial charge in [0.15, 0.2) is 0 Å². The van der Waals surface area contributed by atoms with Gasteiger partial charge in [0, 0.05) is 19.8 Å². The third-order valence-corrected chi connectivity index (χ3v) is 5.30. The predicted octanol–water partition coefficient (Wildman–Crippen LogP) is 2.74. The van der Waals surface area contributed by atoms with Gasteiger partial charge in [0.25, 0.3) is 0 Å². The number of thioether (sulfide) groups is 1. The summed E-state index contributed by atoms with van der Waals surface area (Å²) in [4.78, 5) is 19.3. The number of aromatic nitrogens is 4. The van der Waals surface area contributed by atoms with Gasteiger partial charge < -0.3 is 10.6 Å². The quantitative estimate of drug-likeness (QED) is 0.820. The number of pyridine rings is 1. The molecule has 26 heavy (non-hydrogen) atoms. The van der Waals surface area contributed by atoms with Crippen LogP contribution in [0.2, 0.25) is 0 Å². The molecule has 136 valence electrons. The zero-order valence-electron chi connectivity index (χ0n) is 15.2. The maximum atomic E-state index is 9.53. The number of rotatable bonds is 4. The van der Waals surface area contributed by atoms with Crippen LogP contribution in [0.1, 0.15) is 48.3 Å². The zero-order chi connectivity index (χ0) is 18.5. The Morgan fingerprint density at radius 2 is 1.88 bits per heavy atom. The van der Waals surface area contributed by atoms with Crippen molar-refractivity contribution >= 4 is 23.7 Å². The average Bonchev–Trinajstić information content (AvgIpc) is 2.60. The van der Waals surface area contributed by atoms with Gasteiger partial charge in [0.1, 0.15) is 16.9 Å². The van der Waals surface area contributed by atoms with E-state index in [4.69, 9.17) is 10.7 Å². The highest BCUT2D eigenvalue weighted by Crippen LogP contribution is 2.28. The first-order chi connectivity index (χ1) is 12.6. The number of hydrogen-bond donors (Lipinski definition) is 1. The maximum Gasteiger partial charge on any atom is 0.229 e. The third kappa shape index (κ3) is 4.41. The lowest BCUT2D eigenvalue weighted by Crippen LogP contribution is -2.16. The molecule has 1 aliphatic carbocycles. The molecule has 0 fully saturated rings. The average molecular weight is 369 g/mol. The molecule has 0 unspecified atom stereocenters. The summed E-state index contributed by atoms with van der Waals surface area (Å²) in [6, 6.07) is 4.31. The van der Waals surface area contributed by atoms with E-state index in [1.807, 2.05) is 20.2 Å². The molecule has 2 heterocycles. The van der Waals surface area contributed by atoms with Gasteiger partial charge in [-0.15, -0.1) is 0 Å². The van der Waals surface area contributed by atoms with Crippen molar-refractivity contribution in [2.24, 2.45) is 0 Å². The van der Waals surface area contributed by atoms with Gasteiger partial charge in [-0.1, -0.05) is 24.6 Å². The minimum Gasteiger partial charge on any atom is -0.368 e. The molecule has 3 rings (SSSR count). The lowest BCUT2D eigenvalue weighted by molar-refractivity contribution is 0.605. The van der Waals surface area contributed by atoms with Gasteiger partial charge in [-0.2, -0.15) is 20.2 Å². The van der Waals surface area contributed by atoms with E-state index in [2.05, 4.69) is 21.0 Å². The lowest BCUT2D eigenvalue weighted by atomic mass is 9.96. The fourth-order valence-electron chi connectivity index (χ4n) is 2.98. The maximum absolute atomic E-state index is 9.53. The van der Waals surface area contributed by atoms with Crippen LogP contribution in [0.5, 0.6) is 0 Å². The fourth-order valence-corrected chi connectivity index (χ4v) is 3.81. The highest BCUT2D eigenvalue weighted by Gasteiger charge is 2.15. The Hall–Kier alpha value is -2.40. The van der Waals surface area contributed by atoms with E-state index < -0.39 is 0 Å². The van der Waals surface area contributed by atoms with E-state index in [1.165, 1.54) is 36.6 Å². The van der Waals surface area contributed by atoms with Crippen LogP contribution in [-0.4, -0.2) is 34.0 Å². The van der Waals surface area contributed by atoms with Crippen LogP contribution in [0.4, 0.5) is 11.9 Å². The molecular weight excluding hydrogens is 346 g/mol. The molecule has 0 bridgehead atoms. The normalized spacial score (nSPS) is 14.0. The Morgan fingerprint density at radius 3 is 2.62 bits per heavy atom. The van der Waals surface area contributed by atoms with Crippen molar-refractivity contribution in [1.82, 2.24) is 19.9 Å². The Bertz CT molecular complexity index is 829. The molecule has 0 saturated carbocycles. The van der Waals surface area contributed by atoms with Crippen molar-refractivity contribution < 1.29 is 0 Å².